The standard InChI is InChI=1S/C22H29N5O4/c1-22(2,3)31-21(29)26-10-8-15(9-11-26)24-20-25-17-6-4-5-7-18(17)27(20)13-16-12-23-19(14-28)30-16/h4-7,12,15,28H,8-11,13-14H2,1-3H3,(H,24,25). The summed E-state index contributed by atoms with van der Waals surface area (Å²) in [5.74, 6) is 1.69. The number of nitrogens with zero attached hydrogens (tertiary/aromatic N) is 4. The number of benzene rings is 1. The number of carbonyl (C=O) groups is 1. The molecule has 0 atom stereocenters. The van der Waals surface area contributed by atoms with Crippen LogP contribution in [0.1, 0.15) is 45.3 Å². The summed E-state index contributed by atoms with van der Waals surface area (Å²) in [5, 5.41) is 12.8. The Hall–Kier alpha value is -3.07. The normalized spacial score (nSPS) is 15.4. The Balaban J connectivity index is 1.47. The van der Waals surface area contributed by atoms with Crippen LogP contribution in [0.4, 0.5) is 10.7 Å². The molecule has 0 saturated carbocycles. The minimum absolute atomic E-state index is 0.192. The minimum atomic E-state index is -0.492. The molecule has 1 amide bonds. The number of hydrogen-bond donors (Lipinski definition) is 2. The number of hydrogen-bond acceptors (Lipinski definition) is 7. The molecule has 0 aliphatic carbocycles. The zero-order valence-electron chi connectivity index (χ0n) is 18.2. The fraction of sp³-hybridized carbons (Fsp3) is 0.500. The Morgan fingerprint density at radius 1 is 1.29 bits per heavy atom. The van der Waals surface area contributed by atoms with E-state index in [1.165, 1.54) is 0 Å². The number of amides is 1. The van der Waals surface area contributed by atoms with E-state index in [-0.39, 0.29) is 18.7 Å². The average Bonchev–Trinajstić information content (AvgIpc) is 3.32. The van der Waals surface area contributed by atoms with Gasteiger partial charge in [0.05, 0.1) is 23.8 Å². The highest BCUT2D eigenvalue weighted by molar-refractivity contribution is 5.78. The van der Waals surface area contributed by atoms with Crippen molar-refractivity contribution in [3.63, 3.8) is 0 Å². The number of para-hydroxylation sites is 2. The number of anilines is 1. The van der Waals surface area contributed by atoms with Crippen LogP contribution in [0, 0.1) is 0 Å². The van der Waals surface area contributed by atoms with Crippen LogP contribution in [-0.2, 0) is 17.9 Å². The Bertz CT molecular complexity index is 1040. The van der Waals surface area contributed by atoms with Crippen molar-refractivity contribution in [2.75, 3.05) is 18.4 Å². The molecule has 166 valence electrons. The second kappa shape index (κ2) is 8.58. The molecule has 9 nitrogen and oxygen atoms in total. The molecule has 1 aliphatic rings. The molecule has 31 heavy (non-hydrogen) atoms. The van der Waals surface area contributed by atoms with Crippen LogP contribution in [0.2, 0.25) is 0 Å². The van der Waals surface area contributed by atoms with Crippen molar-refractivity contribution in [2.45, 2.75) is 58.4 Å². The maximum atomic E-state index is 12.3. The van der Waals surface area contributed by atoms with Gasteiger partial charge in [-0.25, -0.2) is 14.8 Å². The van der Waals surface area contributed by atoms with Crippen molar-refractivity contribution in [1.82, 2.24) is 19.4 Å². The maximum absolute atomic E-state index is 12.3. The predicted molar refractivity (Wildman–Crippen MR) is 116 cm³/mol. The largest absolute Gasteiger partial charge is 0.444 e. The van der Waals surface area contributed by atoms with Crippen LogP contribution in [-0.4, -0.2) is 55.4 Å². The summed E-state index contributed by atoms with van der Waals surface area (Å²) < 4.78 is 13.1. The molecule has 9 heteroatoms. The van der Waals surface area contributed by atoms with E-state index in [9.17, 15) is 9.90 Å². The van der Waals surface area contributed by atoms with Gasteiger partial charge in [0.1, 0.15) is 18.0 Å². The first-order valence-corrected chi connectivity index (χ1v) is 10.6. The van der Waals surface area contributed by atoms with Crippen molar-refractivity contribution >= 4 is 23.1 Å². The van der Waals surface area contributed by atoms with Gasteiger partial charge < -0.3 is 29.0 Å². The van der Waals surface area contributed by atoms with Crippen molar-refractivity contribution in [3.05, 3.63) is 42.1 Å². The summed E-state index contributed by atoms with van der Waals surface area (Å²) in [7, 11) is 0. The van der Waals surface area contributed by atoms with Crippen LogP contribution in [0.25, 0.3) is 11.0 Å². The molecular formula is C22H29N5O4. The molecule has 2 N–H and O–H groups in total. The molecule has 1 fully saturated rings. The van der Waals surface area contributed by atoms with Gasteiger partial charge in [-0.05, 0) is 45.7 Å². The Kier molecular flexibility index (Phi) is 5.86. The van der Waals surface area contributed by atoms with E-state index in [0.29, 0.717) is 31.3 Å². The minimum Gasteiger partial charge on any atom is -0.444 e. The third-order valence-electron chi connectivity index (χ3n) is 5.19. The summed E-state index contributed by atoms with van der Waals surface area (Å²) in [6.45, 7) is 7.12. The number of oxazole rings is 1. The highest BCUT2D eigenvalue weighted by atomic mass is 16.6. The van der Waals surface area contributed by atoms with E-state index in [1.807, 2.05) is 45.0 Å². The van der Waals surface area contributed by atoms with E-state index in [1.54, 1.807) is 11.1 Å². The molecule has 0 spiro atoms. The summed E-state index contributed by atoms with van der Waals surface area (Å²) in [5.41, 5.74) is 1.38. The summed E-state index contributed by atoms with van der Waals surface area (Å²) in [4.78, 5) is 22.9. The van der Waals surface area contributed by atoms with Gasteiger partial charge in [-0.3, -0.25) is 0 Å². The first-order chi connectivity index (χ1) is 14.8. The fourth-order valence-electron chi connectivity index (χ4n) is 3.71. The zero-order chi connectivity index (χ0) is 22.0. The zero-order valence-corrected chi connectivity index (χ0v) is 18.2. The maximum Gasteiger partial charge on any atom is 0.410 e. The average molecular weight is 428 g/mol. The lowest BCUT2D eigenvalue weighted by molar-refractivity contribution is 0.0210. The molecule has 3 heterocycles. The Morgan fingerprint density at radius 3 is 2.71 bits per heavy atom. The SMILES string of the molecule is CC(C)(C)OC(=O)N1CCC(Nc2nc3ccccc3n2Cc2cnc(CO)o2)CC1. The van der Waals surface area contributed by atoms with Crippen molar-refractivity contribution in [1.29, 1.82) is 0 Å². The van der Waals surface area contributed by atoms with E-state index in [2.05, 4.69) is 14.9 Å². The lowest BCUT2D eigenvalue weighted by Gasteiger charge is -2.33. The van der Waals surface area contributed by atoms with Crippen molar-refractivity contribution < 1.29 is 19.1 Å². The van der Waals surface area contributed by atoms with Crippen molar-refractivity contribution in [2.24, 2.45) is 0 Å². The lowest BCUT2D eigenvalue weighted by Crippen LogP contribution is -2.44. The molecule has 4 rings (SSSR count). The van der Waals surface area contributed by atoms with Crippen molar-refractivity contribution in [3.8, 4) is 0 Å². The van der Waals surface area contributed by atoms with Gasteiger partial charge in [-0.2, -0.15) is 0 Å². The molecule has 1 aromatic carbocycles. The molecule has 0 radical (unpaired) electrons. The van der Waals surface area contributed by atoms with Crippen LogP contribution in [0.5, 0.6) is 0 Å². The highest BCUT2D eigenvalue weighted by Crippen LogP contribution is 2.24. The number of aliphatic hydroxyl groups excluding tert-OH is 1. The van der Waals surface area contributed by atoms with Crippen LogP contribution >= 0.6 is 0 Å². The lowest BCUT2D eigenvalue weighted by atomic mass is 10.1. The number of aliphatic hydroxyl groups is 1. The van der Waals surface area contributed by atoms with Crippen LogP contribution in [0.3, 0.4) is 0 Å². The number of imidazole rings is 1. The number of nitrogens with one attached hydrogen (secondary N) is 1. The van der Waals surface area contributed by atoms with Crippen LogP contribution in [0.15, 0.2) is 34.9 Å². The number of piperidine rings is 1. The van der Waals surface area contributed by atoms with E-state index < -0.39 is 5.60 Å². The monoisotopic (exact) mass is 427 g/mol. The third kappa shape index (κ3) is 4.99. The topological polar surface area (TPSA) is 106 Å². The Labute approximate surface area is 181 Å². The summed E-state index contributed by atoms with van der Waals surface area (Å²) in [6.07, 6.45) is 2.98. The molecule has 0 unspecified atom stereocenters. The van der Waals surface area contributed by atoms with Gasteiger partial charge >= 0.3 is 6.09 Å². The van der Waals surface area contributed by atoms with E-state index in [4.69, 9.17) is 14.1 Å². The molecule has 2 aromatic heterocycles. The summed E-state index contributed by atoms with van der Waals surface area (Å²) in [6, 6.07) is 8.12. The number of fused-ring (bicyclic) bond motifs is 1. The number of ether oxygens (including phenoxy) is 1. The number of aromatic nitrogens is 3. The quantitative estimate of drug-likeness (QED) is 0.643. The third-order valence-corrected chi connectivity index (χ3v) is 5.19. The van der Waals surface area contributed by atoms with Gasteiger partial charge in [0.2, 0.25) is 11.8 Å². The first-order valence-electron chi connectivity index (χ1n) is 10.6. The molecule has 3 aromatic rings. The van der Waals surface area contributed by atoms with E-state index in [0.717, 1.165) is 29.8 Å². The van der Waals surface area contributed by atoms with Gasteiger partial charge in [0.25, 0.3) is 0 Å². The smallest absolute Gasteiger partial charge is 0.410 e. The van der Waals surface area contributed by atoms with Gasteiger partial charge in [-0.15, -0.1) is 0 Å². The first kappa shape index (κ1) is 21.2. The predicted octanol–water partition coefficient (Wildman–Crippen LogP) is 3.38. The molecule has 0 bridgehead atoms. The second-order valence-corrected chi connectivity index (χ2v) is 8.77. The van der Waals surface area contributed by atoms with Gasteiger partial charge in [-0.1, -0.05) is 12.1 Å². The number of likely N-dealkylation sites (tertiary alicyclic amines) is 1. The second-order valence-electron chi connectivity index (χ2n) is 8.77. The molecule has 1 saturated heterocycles. The molecule has 1 aliphatic heterocycles. The number of rotatable bonds is 5. The van der Waals surface area contributed by atoms with Gasteiger partial charge in [0, 0.05) is 19.1 Å². The van der Waals surface area contributed by atoms with Gasteiger partial charge in [0.15, 0.2) is 0 Å². The molecular weight excluding hydrogens is 398 g/mol. The number of carbonyl (C=O) groups excluding carboxylic acids is 1. The highest BCUT2D eigenvalue weighted by Gasteiger charge is 2.27. The summed E-state index contributed by atoms with van der Waals surface area (Å²) >= 11 is 0. The fourth-order valence-corrected chi connectivity index (χ4v) is 3.71. The van der Waals surface area contributed by atoms with E-state index >= 15 is 0 Å². The van der Waals surface area contributed by atoms with Crippen LogP contribution < -0.4 is 5.32 Å². The Morgan fingerprint density at radius 2 is 2.03 bits per heavy atom.